The fourth-order valence-corrected chi connectivity index (χ4v) is 2.00. The number of hydrogen-bond acceptors (Lipinski definition) is 3. The number of furan rings is 1. The maximum atomic E-state index is 11.9. The Morgan fingerprint density at radius 2 is 2.17 bits per heavy atom. The SMILES string of the molecule is COc1ccc2[nH]c(=O)n(-c3ccc(Cl)o3)c2c1. The average molecular weight is 265 g/mol. The van der Waals surface area contributed by atoms with E-state index < -0.39 is 0 Å². The number of methoxy groups -OCH3 is 1. The van der Waals surface area contributed by atoms with Gasteiger partial charge in [0.05, 0.1) is 18.1 Å². The quantitative estimate of drug-likeness (QED) is 0.774. The first kappa shape index (κ1) is 11.0. The van der Waals surface area contributed by atoms with Gasteiger partial charge in [-0.2, -0.15) is 0 Å². The first-order chi connectivity index (χ1) is 8.69. The lowest BCUT2D eigenvalue weighted by atomic mass is 10.3. The van der Waals surface area contributed by atoms with Crippen molar-refractivity contribution in [1.82, 2.24) is 9.55 Å². The van der Waals surface area contributed by atoms with Crippen molar-refractivity contribution in [1.29, 1.82) is 0 Å². The van der Waals surface area contributed by atoms with Crippen molar-refractivity contribution in [2.24, 2.45) is 0 Å². The largest absolute Gasteiger partial charge is 0.497 e. The molecule has 18 heavy (non-hydrogen) atoms. The summed E-state index contributed by atoms with van der Waals surface area (Å²) in [6.45, 7) is 0. The highest BCUT2D eigenvalue weighted by molar-refractivity contribution is 6.28. The number of ether oxygens (including phenoxy) is 1. The Hall–Kier alpha value is -2.14. The predicted molar refractivity (Wildman–Crippen MR) is 67.7 cm³/mol. The van der Waals surface area contributed by atoms with E-state index in [9.17, 15) is 4.79 Å². The Morgan fingerprint density at radius 3 is 2.83 bits per heavy atom. The maximum absolute atomic E-state index is 11.9. The topological polar surface area (TPSA) is 60.2 Å². The van der Waals surface area contributed by atoms with Gasteiger partial charge in [0.1, 0.15) is 5.75 Å². The lowest BCUT2D eigenvalue weighted by molar-refractivity contribution is 0.415. The summed E-state index contributed by atoms with van der Waals surface area (Å²) >= 11 is 5.72. The van der Waals surface area contributed by atoms with Crippen LogP contribution >= 0.6 is 11.6 Å². The highest BCUT2D eigenvalue weighted by Gasteiger charge is 2.12. The average Bonchev–Trinajstić information content (AvgIpc) is 2.90. The Kier molecular flexibility index (Phi) is 2.41. The number of hydrogen-bond donors (Lipinski definition) is 1. The number of fused-ring (bicyclic) bond motifs is 1. The van der Waals surface area contributed by atoms with Gasteiger partial charge in [0, 0.05) is 12.1 Å². The molecule has 0 bridgehead atoms. The molecule has 2 aromatic heterocycles. The van der Waals surface area contributed by atoms with Crippen LogP contribution in [-0.4, -0.2) is 16.7 Å². The first-order valence-electron chi connectivity index (χ1n) is 5.23. The van der Waals surface area contributed by atoms with Crippen molar-refractivity contribution in [3.8, 4) is 11.6 Å². The minimum atomic E-state index is -0.288. The molecule has 3 rings (SSSR count). The van der Waals surface area contributed by atoms with Crippen LogP contribution in [0.5, 0.6) is 5.75 Å². The zero-order chi connectivity index (χ0) is 12.7. The number of benzene rings is 1. The van der Waals surface area contributed by atoms with Gasteiger partial charge in [-0.3, -0.25) is 0 Å². The van der Waals surface area contributed by atoms with E-state index in [-0.39, 0.29) is 10.9 Å². The van der Waals surface area contributed by atoms with E-state index >= 15 is 0 Å². The molecule has 0 atom stereocenters. The van der Waals surface area contributed by atoms with E-state index in [4.69, 9.17) is 20.8 Å². The number of H-pyrrole nitrogens is 1. The van der Waals surface area contributed by atoms with Crippen molar-refractivity contribution in [3.05, 3.63) is 46.0 Å². The van der Waals surface area contributed by atoms with Crippen molar-refractivity contribution < 1.29 is 9.15 Å². The van der Waals surface area contributed by atoms with Crippen LogP contribution in [0, 0.1) is 0 Å². The molecule has 0 aliphatic rings. The highest BCUT2D eigenvalue weighted by Crippen LogP contribution is 2.23. The number of aromatic nitrogens is 2. The second-order valence-electron chi connectivity index (χ2n) is 3.73. The molecular formula is C12H9ClN2O3. The third-order valence-electron chi connectivity index (χ3n) is 2.67. The molecule has 92 valence electrons. The molecule has 0 unspecified atom stereocenters. The molecule has 5 nitrogen and oxygen atoms in total. The molecule has 2 heterocycles. The molecule has 0 amide bonds. The minimum Gasteiger partial charge on any atom is -0.497 e. The normalized spacial score (nSPS) is 11.0. The third-order valence-corrected chi connectivity index (χ3v) is 2.87. The number of aromatic amines is 1. The van der Waals surface area contributed by atoms with Gasteiger partial charge < -0.3 is 14.1 Å². The van der Waals surface area contributed by atoms with Gasteiger partial charge in [-0.15, -0.1) is 0 Å². The van der Waals surface area contributed by atoms with E-state index in [1.54, 1.807) is 37.4 Å². The van der Waals surface area contributed by atoms with Crippen LogP contribution in [0.3, 0.4) is 0 Å². The smallest absolute Gasteiger partial charge is 0.333 e. The second kappa shape index (κ2) is 3.96. The Balaban J connectivity index is 2.33. The fourth-order valence-electron chi connectivity index (χ4n) is 1.85. The lowest BCUT2D eigenvalue weighted by Gasteiger charge is -2.01. The van der Waals surface area contributed by atoms with Crippen LogP contribution in [0.25, 0.3) is 16.9 Å². The standard InChI is InChI=1S/C12H9ClN2O3/c1-17-7-2-3-8-9(6-7)15(12(16)14-8)11-5-4-10(13)18-11/h2-6H,1H3,(H,14,16). The van der Waals surface area contributed by atoms with Gasteiger partial charge >= 0.3 is 5.69 Å². The van der Waals surface area contributed by atoms with Crippen molar-refractivity contribution >= 4 is 22.6 Å². The highest BCUT2D eigenvalue weighted by atomic mass is 35.5. The fraction of sp³-hybridized carbons (Fsp3) is 0.0833. The maximum Gasteiger partial charge on any atom is 0.333 e. The van der Waals surface area contributed by atoms with E-state index in [1.807, 2.05) is 0 Å². The summed E-state index contributed by atoms with van der Waals surface area (Å²) in [6, 6.07) is 8.52. The van der Waals surface area contributed by atoms with E-state index in [2.05, 4.69) is 4.98 Å². The van der Waals surface area contributed by atoms with Crippen molar-refractivity contribution in [2.75, 3.05) is 7.11 Å². The van der Waals surface area contributed by atoms with Gasteiger partial charge in [-0.05, 0) is 29.8 Å². The van der Waals surface area contributed by atoms with Crippen LogP contribution < -0.4 is 10.4 Å². The zero-order valence-corrected chi connectivity index (χ0v) is 10.2. The third kappa shape index (κ3) is 1.60. The summed E-state index contributed by atoms with van der Waals surface area (Å²) in [4.78, 5) is 14.6. The van der Waals surface area contributed by atoms with Crippen molar-refractivity contribution in [2.45, 2.75) is 0 Å². The van der Waals surface area contributed by atoms with Gasteiger partial charge in [-0.1, -0.05) is 0 Å². The molecule has 0 aliphatic carbocycles. The van der Waals surface area contributed by atoms with Crippen LogP contribution in [0.2, 0.25) is 5.22 Å². The molecule has 6 heteroatoms. The van der Waals surface area contributed by atoms with E-state index in [0.717, 1.165) is 0 Å². The first-order valence-corrected chi connectivity index (χ1v) is 5.61. The number of nitrogens with zero attached hydrogens (tertiary/aromatic N) is 1. The summed E-state index contributed by atoms with van der Waals surface area (Å²) < 4.78 is 11.8. The molecular weight excluding hydrogens is 256 g/mol. The Morgan fingerprint density at radius 1 is 1.33 bits per heavy atom. The molecule has 0 fully saturated rings. The molecule has 1 N–H and O–H groups in total. The second-order valence-corrected chi connectivity index (χ2v) is 4.10. The van der Waals surface area contributed by atoms with Gasteiger partial charge in [-0.25, -0.2) is 9.36 Å². The molecule has 0 radical (unpaired) electrons. The van der Waals surface area contributed by atoms with Gasteiger partial charge in [0.2, 0.25) is 5.88 Å². The number of rotatable bonds is 2. The Bertz CT molecular complexity index is 769. The molecule has 0 aliphatic heterocycles. The van der Waals surface area contributed by atoms with E-state index in [1.165, 1.54) is 4.57 Å². The summed E-state index contributed by atoms with van der Waals surface area (Å²) in [5.74, 6) is 1.03. The predicted octanol–water partition coefficient (Wildman–Crippen LogP) is 2.57. The number of halogens is 1. The number of nitrogens with one attached hydrogen (secondary N) is 1. The van der Waals surface area contributed by atoms with Crippen LogP contribution in [-0.2, 0) is 0 Å². The molecule has 0 spiro atoms. The monoisotopic (exact) mass is 264 g/mol. The molecule has 0 saturated heterocycles. The number of imidazole rings is 1. The van der Waals surface area contributed by atoms with Crippen LogP contribution in [0.15, 0.2) is 39.5 Å². The molecule has 0 saturated carbocycles. The summed E-state index contributed by atoms with van der Waals surface area (Å²) in [7, 11) is 1.57. The van der Waals surface area contributed by atoms with Gasteiger partial charge in [0.25, 0.3) is 0 Å². The summed E-state index contributed by atoms with van der Waals surface area (Å²) in [5, 5.41) is 0.231. The summed E-state index contributed by atoms with van der Waals surface area (Å²) in [6.07, 6.45) is 0. The van der Waals surface area contributed by atoms with Gasteiger partial charge in [0.15, 0.2) is 5.22 Å². The van der Waals surface area contributed by atoms with Crippen molar-refractivity contribution in [3.63, 3.8) is 0 Å². The van der Waals surface area contributed by atoms with Crippen LogP contribution in [0.1, 0.15) is 0 Å². The van der Waals surface area contributed by atoms with E-state index in [0.29, 0.717) is 22.7 Å². The minimum absolute atomic E-state index is 0.231. The Labute approximate surface area is 107 Å². The lowest BCUT2D eigenvalue weighted by Crippen LogP contribution is -2.13. The summed E-state index contributed by atoms with van der Waals surface area (Å²) in [5.41, 5.74) is 1.09. The van der Waals surface area contributed by atoms with Crippen LogP contribution in [0.4, 0.5) is 0 Å². The zero-order valence-electron chi connectivity index (χ0n) is 9.44. The molecule has 1 aromatic carbocycles. The molecule has 3 aromatic rings.